The molecule has 0 aromatic rings. The van der Waals surface area contributed by atoms with Gasteiger partial charge >= 0.3 is 5.97 Å². The van der Waals surface area contributed by atoms with Crippen LogP contribution in [0.1, 0.15) is 0 Å². The van der Waals surface area contributed by atoms with Gasteiger partial charge in [0.15, 0.2) is 12.4 Å². The molecule has 0 aliphatic carbocycles. The molecule has 1 aliphatic heterocycles. The molecule has 0 aromatic carbocycles. The Balaban J connectivity index is 2.72. The molecule has 9 heteroatoms. The molecule has 0 saturated carbocycles. The zero-order valence-electron chi connectivity index (χ0n) is 9.29. The van der Waals surface area contributed by atoms with Crippen LogP contribution in [0, 0.1) is 0 Å². The molecule has 0 radical (unpaired) electrons. The van der Waals surface area contributed by atoms with E-state index in [9.17, 15) is 20.1 Å². The number of carboxylic acids is 1. The third-order valence-electron chi connectivity index (χ3n) is 2.59. The molecule has 106 valence electrons. The molecule has 2 unspecified atom stereocenters. The molecule has 1 rings (SSSR count). The van der Waals surface area contributed by atoms with Gasteiger partial charge in [0.25, 0.3) is 0 Å². The molecule has 1 fully saturated rings. The fourth-order valence-corrected chi connectivity index (χ4v) is 1.52. The normalized spacial score (nSPS) is 38.4. The average molecular weight is 268 g/mol. The summed E-state index contributed by atoms with van der Waals surface area (Å²) in [6.45, 7) is -1.51. The fraction of sp³-hybridized carbons (Fsp3) is 0.889. The molecule has 1 saturated heterocycles. The summed E-state index contributed by atoms with van der Waals surface area (Å²) in [5.41, 5.74) is 0. The first-order chi connectivity index (χ1) is 8.42. The largest absolute Gasteiger partial charge is 0.479 e. The van der Waals surface area contributed by atoms with E-state index >= 15 is 0 Å². The highest BCUT2D eigenvalue weighted by atomic mass is 16.7. The Morgan fingerprint density at radius 2 is 1.78 bits per heavy atom. The van der Waals surface area contributed by atoms with Crippen molar-refractivity contribution in [2.24, 2.45) is 0 Å². The van der Waals surface area contributed by atoms with E-state index in [2.05, 4.69) is 0 Å². The third kappa shape index (κ3) is 3.14. The van der Waals surface area contributed by atoms with Gasteiger partial charge in [0.05, 0.1) is 13.2 Å². The molecule has 9 nitrogen and oxygen atoms in total. The summed E-state index contributed by atoms with van der Waals surface area (Å²) in [5.74, 6) is -1.48. The number of hydrogen-bond donors (Lipinski definition) is 6. The lowest BCUT2D eigenvalue weighted by Gasteiger charge is -2.40. The highest BCUT2D eigenvalue weighted by Gasteiger charge is 2.45. The first kappa shape index (κ1) is 15.2. The van der Waals surface area contributed by atoms with Crippen LogP contribution < -0.4 is 0 Å². The molecular weight excluding hydrogens is 252 g/mol. The number of rotatable bonds is 5. The summed E-state index contributed by atoms with van der Waals surface area (Å²) in [5, 5.41) is 54.7. The second kappa shape index (κ2) is 6.38. The molecule has 0 spiro atoms. The van der Waals surface area contributed by atoms with Crippen LogP contribution in [0.5, 0.6) is 0 Å². The first-order valence-corrected chi connectivity index (χ1v) is 5.22. The number of hydrogen-bond acceptors (Lipinski definition) is 8. The summed E-state index contributed by atoms with van der Waals surface area (Å²) in [6, 6.07) is 0. The molecular formula is C9H16O9. The third-order valence-corrected chi connectivity index (χ3v) is 2.59. The zero-order chi connectivity index (χ0) is 13.9. The van der Waals surface area contributed by atoms with E-state index in [0.717, 1.165) is 0 Å². The van der Waals surface area contributed by atoms with Crippen molar-refractivity contribution < 1.29 is 44.9 Å². The highest BCUT2D eigenvalue weighted by Crippen LogP contribution is 2.22. The van der Waals surface area contributed by atoms with Crippen molar-refractivity contribution in [3.05, 3.63) is 0 Å². The Kier molecular flexibility index (Phi) is 5.41. The van der Waals surface area contributed by atoms with Gasteiger partial charge in [-0.05, 0) is 0 Å². The summed E-state index contributed by atoms with van der Waals surface area (Å²) < 4.78 is 9.67. The van der Waals surface area contributed by atoms with E-state index in [0.29, 0.717) is 0 Å². The summed E-state index contributed by atoms with van der Waals surface area (Å²) in [4.78, 5) is 10.6. The molecule has 18 heavy (non-hydrogen) atoms. The van der Waals surface area contributed by atoms with Gasteiger partial charge in [-0.3, -0.25) is 0 Å². The van der Waals surface area contributed by atoms with Gasteiger partial charge in [-0.2, -0.15) is 0 Å². The summed E-state index contributed by atoms with van der Waals surface area (Å²) in [6.07, 6.45) is -9.32. The molecule has 6 N–H and O–H groups in total. The van der Waals surface area contributed by atoms with Crippen LogP contribution >= 0.6 is 0 Å². The Morgan fingerprint density at radius 3 is 2.22 bits per heavy atom. The topological polar surface area (TPSA) is 157 Å². The minimum Gasteiger partial charge on any atom is -0.479 e. The Hall–Kier alpha value is -0.810. The predicted octanol–water partition coefficient (Wildman–Crippen LogP) is -3.75. The minimum atomic E-state index is -1.70. The number of aliphatic hydroxyl groups is 5. The second-order valence-corrected chi connectivity index (χ2v) is 3.84. The molecule has 0 aromatic heterocycles. The van der Waals surface area contributed by atoms with Crippen LogP contribution in [0.4, 0.5) is 0 Å². The van der Waals surface area contributed by atoms with Crippen molar-refractivity contribution in [1.82, 2.24) is 0 Å². The van der Waals surface area contributed by atoms with Crippen LogP contribution in [0.25, 0.3) is 0 Å². The van der Waals surface area contributed by atoms with Gasteiger partial charge in [-0.25, -0.2) is 4.79 Å². The van der Waals surface area contributed by atoms with Crippen molar-refractivity contribution in [3.63, 3.8) is 0 Å². The average Bonchev–Trinajstić information content (AvgIpc) is 2.35. The molecule has 1 aliphatic rings. The van der Waals surface area contributed by atoms with Crippen molar-refractivity contribution in [3.8, 4) is 0 Å². The number of carbonyl (C=O) groups is 1. The minimum absolute atomic E-state index is 0.651. The maximum atomic E-state index is 10.6. The Labute approximate surface area is 102 Å². The van der Waals surface area contributed by atoms with Crippen LogP contribution in [-0.2, 0) is 14.3 Å². The standard InChI is InChI=1S/C9H16O9/c10-1-3-5(12)6(13)7(14)9(17-3)18-4(2-11)8(15)16/h3-7,9-14H,1-2H2,(H,15,16)/t3?,4-,5+,6-,7?,9-/m0/s1. The Morgan fingerprint density at radius 1 is 1.17 bits per heavy atom. The zero-order valence-corrected chi connectivity index (χ0v) is 9.29. The fourth-order valence-electron chi connectivity index (χ4n) is 1.52. The number of carboxylic acid groups (broad SMARTS) is 1. The lowest BCUT2D eigenvalue weighted by molar-refractivity contribution is -0.311. The van der Waals surface area contributed by atoms with Gasteiger partial charge in [0.1, 0.15) is 24.4 Å². The molecule has 0 amide bonds. The molecule has 0 bridgehead atoms. The monoisotopic (exact) mass is 268 g/mol. The number of ether oxygens (including phenoxy) is 2. The van der Waals surface area contributed by atoms with Crippen molar-refractivity contribution in [1.29, 1.82) is 0 Å². The summed E-state index contributed by atoms with van der Waals surface area (Å²) >= 11 is 0. The van der Waals surface area contributed by atoms with Gasteiger partial charge in [0, 0.05) is 0 Å². The van der Waals surface area contributed by atoms with Crippen LogP contribution in [0.3, 0.4) is 0 Å². The van der Waals surface area contributed by atoms with Gasteiger partial charge in [-0.15, -0.1) is 0 Å². The van der Waals surface area contributed by atoms with Crippen LogP contribution in [0.2, 0.25) is 0 Å². The predicted molar refractivity (Wildman–Crippen MR) is 53.4 cm³/mol. The lowest BCUT2D eigenvalue weighted by atomic mass is 9.99. The maximum Gasteiger partial charge on any atom is 0.335 e. The van der Waals surface area contributed by atoms with Gasteiger partial charge < -0.3 is 40.1 Å². The lowest BCUT2D eigenvalue weighted by Crippen LogP contribution is -2.60. The van der Waals surface area contributed by atoms with Crippen LogP contribution in [-0.4, -0.2) is 86.6 Å². The van der Waals surface area contributed by atoms with E-state index in [1.165, 1.54) is 0 Å². The van der Waals surface area contributed by atoms with Gasteiger partial charge in [-0.1, -0.05) is 0 Å². The van der Waals surface area contributed by atoms with E-state index in [1.807, 2.05) is 0 Å². The van der Waals surface area contributed by atoms with E-state index in [4.69, 9.17) is 24.8 Å². The number of aliphatic carboxylic acids is 1. The SMILES string of the molecule is O=C(O)[C@H](CO)O[C@@H]1OC(CO)[C@@H](O)[C@H](O)C1O. The second-order valence-electron chi connectivity index (χ2n) is 3.84. The first-order valence-electron chi connectivity index (χ1n) is 5.22. The molecule has 1 heterocycles. The smallest absolute Gasteiger partial charge is 0.335 e. The number of aliphatic hydroxyl groups excluding tert-OH is 5. The highest BCUT2D eigenvalue weighted by molar-refractivity contribution is 5.72. The quantitative estimate of drug-likeness (QED) is 0.294. The van der Waals surface area contributed by atoms with Crippen LogP contribution in [0.15, 0.2) is 0 Å². The van der Waals surface area contributed by atoms with Crippen molar-refractivity contribution in [2.75, 3.05) is 13.2 Å². The van der Waals surface area contributed by atoms with E-state index in [-0.39, 0.29) is 0 Å². The van der Waals surface area contributed by atoms with Crippen molar-refractivity contribution >= 4 is 5.97 Å². The Bertz CT molecular complexity index is 281. The van der Waals surface area contributed by atoms with Gasteiger partial charge in [0.2, 0.25) is 0 Å². The van der Waals surface area contributed by atoms with E-state index in [1.54, 1.807) is 0 Å². The maximum absolute atomic E-state index is 10.6. The molecule has 6 atom stereocenters. The summed E-state index contributed by atoms with van der Waals surface area (Å²) in [7, 11) is 0. The van der Waals surface area contributed by atoms with E-state index < -0.39 is 56.0 Å². The van der Waals surface area contributed by atoms with Crippen molar-refractivity contribution in [2.45, 2.75) is 36.8 Å².